The normalized spacial score (nSPS) is 23.3. The maximum atomic E-state index is 11.8. The molecule has 2 aliphatic rings. The van der Waals surface area contributed by atoms with Gasteiger partial charge in [0.05, 0.1) is 5.69 Å². The third-order valence-corrected chi connectivity index (χ3v) is 4.88. The molecule has 1 aromatic heterocycles. The van der Waals surface area contributed by atoms with Crippen LogP contribution in [0.2, 0.25) is 0 Å². The lowest BCUT2D eigenvalue weighted by molar-refractivity contribution is -0.138. The highest BCUT2D eigenvalue weighted by Crippen LogP contribution is 2.30. The van der Waals surface area contributed by atoms with Crippen LogP contribution in [0.5, 0.6) is 0 Å². The molecule has 110 valence electrons. The summed E-state index contributed by atoms with van der Waals surface area (Å²) in [6.45, 7) is 1.15. The van der Waals surface area contributed by atoms with Crippen molar-refractivity contribution >= 4 is 17.2 Å². The van der Waals surface area contributed by atoms with E-state index in [0.29, 0.717) is 6.61 Å². The van der Waals surface area contributed by atoms with Gasteiger partial charge in [0.2, 0.25) is 5.91 Å². The summed E-state index contributed by atoms with van der Waals surface area (Å²) in [7, 11) is 0. The number of rotatable bonds is 5. The van der Waals surface area contributed by atoms with Gasteiger partial charge in [-0.3, -0.25) is 9.63 Å². The van der Waals surface area contributed by atoms with E-state index in [4.69, 9.17) is 9.57 Å². The van der Waals surface area contributed by atoms with E-state index in [1.165, 1.54) is 0 Å². The summed E-state index contributed by atoms with van der Waals surface area (Å²) >= 11 is 1.60. The number of aromatic nitrogens is 1. The summed E-state index contributed by atoms with van der Waals surface area (Å²) in [6, 6.07) is 0. The first-order valence-corrected chi connectivity index (χ1v) is 8.18. The fourth-order valence-corrected chi connectivity index (χ4v) is 3.65. The van der Waals surface area contributed by atoms with Crippen LogP contribution in [-0.2, 0) is 21.0 Å². The first-order chi connectivity index (χ1) is 9.83. The first kappa shape index (κ1) is 14.0. The second-order valence-electron chi connectivity index (χ2n) is 5.42. The molecule has 1 N–H and O–H groups in total. The molecule has 0 unspecified atom stereocenters. The molecule has 0 aromatic carbocycles. The van der Waals surface area contributed by atoms with Gasteiger partial charge in [0.25, 0.3) is 0 Å². The van der Waals surface area contributed by atoms with Crippen molar-refractivity contribution in [1.29, 1.82) is 0 Å². The number of nitrogens with zero attached hydrogens (tertiary/aromatic N) is 1. The Balaban J connectivity index is 1.43. The van der Waals surface area contributed by atoms with E-state index in [0.717, 1.165) is 55.8 Å². The Bertz CT molecular complexity index is 451. The fourth-order valence-electron chi connectivity index (χ4n) is 2.76. The average Bonchev–Trinajstić information content (AvgIpc) is 3.20. The molecule has 1 saturated heterocycles. The van der Waals surface area contributed by atoms with E-state index in [9.17, 15) is 4.79 Å². The van der Waals surface area contributed by atoms with Crippen molar-refractivity contribution in [2.75, 3.05) is 6.61 Å². The monoisotopic (exact) mass is 296 g/mol. The quantitative estimate of drug-likeness (QED) is 0.849. The molecule has 6 heteroatoms. The smallest absolute Gasteiger partial charge is 0.246 e. The first-order valence-electron chi connectivity index (χ1n) is 7.30. The standard InChI is InChI=1S/C14H20N2O3S/c17-13(10-4-1-2-5-10)16-19-8-11-9-20-14(15-11)12-6-3-7-18-12/h9-10,12H,1-8H2,(H,16,17)/t12-/m0/s1. The molecule has 2 fully saturated rings. The van der Waals surface area contributed by atoms with Crippen LogP contribution in [0, 0.1) is 5.92 Å². The molecule has 1 aromatic rings. The Hall–Kier alpha value is -0.980. The van der Waals surface area contributed by atoms with Gasteiger partial charge in [-0.25, -0.2) is 10.5 Å². The predicted octanol–water partition coefficient (Wildman–Crippen LogP) is 2.73. The fraction of sp³-hybridized carbons (Fsp3) is 0.714. The van der Waals surface area contributed by atoms with Crippen molar-refractivity contribution in [3.8, 4) is 0 Å². The lowest BCUT2D eigenvalue weighted by atomic mass is 10.1. The molecular formula is C14H20N2O3S. The van der Waals surface area contributed by atoms with Crippen LogP contribution in [-0.4, -0.2) is 17.5 Å². The van der Waals surface area contributed by atoms with Crippen molar-refractivity contribution in [2.24, 2.45) is 5.92 Å². The van der Waals surface area contributed by atoms with Crippen LogP contribution < -0.4 is 5.48 Å². The zero-order valence-electron chi connectivity index (χ0n) is 11.5. The third kappa shape index (κ3) is 3.37. The van der Waals surface area contributed by atoms with Gasteiger partial charge in [-0.1, -0.05) is 12.8 Å². The molecule has 3 rings (SSSR count). The van der Waals surface area contributed by atoms with Gasteiger partial charge < -0.3 is 4.74 Å². The van der Waals surface area contributed by atoms with Gasteiger partial charge in [-0.2, -0.15) is 0 Å². The molecule has 1 aliphatic heterocycles. The highest BCUT2D eigenvalue weighted by atomic mass is 32.1. The van der Waals surface area contributed by atoms with Crippen LogP contribution in [0.1, 0.15) is 55.3 Å². The number of ether oxygens (including phenoxy) is 1. The number of hydrogen-bond acceptors (Lipinski definition) is 5. The second kappa shape index (κ2) is 6.65. The highest BCUT2D eigenvalue weighted by Gasteiger charge is 2.23. The lowest BCUT2D eigenvalue weighted by Gasteiger charge is -2.09. The zero-order valence-corrected chi connectivity index (χ0v) is 12.3. The van der Waals surface area contributed by atoms with E-state index in [-0.39, 0.29) is 17.9 Å². The third-order valence-electron chi connectivity index (χ3n) is 3.89. The van der Waals surface area contributed by atoms with Crippen LogP contribution >= 0.6 is 11.3 Å². The number of hydrogen-bond donors (Lipinski definition) is 1. The van der Waals surface area contributed by atoms with Gasteiger partial charge in [-0.05, 0) is 25.7 Å². The summed E-state index contributed by atoms with van der Waals surface area (Å²) in [6.07, 6.45) is 6.56. The van der Waals surface area contributed by atoms with Crippen LogP contribution in [0.4, 0.5) is 0 Å². The van der Waals surface area contributed by atoms with Gasteiger partial charge in [0.15, 0.2) is 0 Å². The summed E-state index contributed by atoms with van der Waals surface area (Å²) in [5.74, 6) is 0.143. The van der Waals surface area contributed by atoms with Crippen LogP contribution in [0.25, 0.3) is 0 Å². The van der Waals surface area contributed by atoms with Crippen molar-refractivity contribution in [1.82, 2.24) is 10.5 Å². The van der Waals surface area contributed by atoms with Crippen molar-refractivity contribution in [2.45, 2.75) is 51.2 Å². The largest absolute Gasteiger partial charge is 0.371 e. The number of nitrogens with one attached hydrogen (secondary N) is 1. The molecule has 2 heterocycles. The van der Waals surface area contributed by atoms with Crippen LogP contribution in [0.3, 0.4) is 0 Å². The van der Waals surface area contributed by atoms with Gasteiger partial charge in [-0.15, -0.1) is 11.3 Å². The molecule has 1 saturated carbocycles. The summed E-state index contributed by atoms with van der Waals surface area (Å²) < 4.78 is 5.60. The lowest BCUT2D eigenvalue weighted by Crippen LogP contribution is -2.29. The van der Waals surface area contributed by atoms with Gasteiger partial charge >= 0.3 is 0 Å². The second-order valence-corrected chi connectivity index (χ2v) is 6.30. The number of carbonyl (C=O) groups excluding carboxylic acids is 1. The molecule has 5 nitrogen and oxygen atoms in total. The molecule has 1 amide bonds. The minimum atomic E-state index is 0.0112. The van der Waals surface area contributed by atoms with Crippen molar-refractivity contribution in [3.05, 3.63) is 16.1 Å². The van der Waals surface area contributed by atoms with E-state index in [1.54, 1.807) is 11.3 Å². The van der Waals surface area contributed by atoms with Gasteiger partial charge in [0.1, 0.15) is 17.7 Å². The van der Waals surface area contributed by atoms with Crippen LogP contribution in [0.15, 0.2) is 5.38 Å². The van der Waals surface area contributed by atoms with E-state index in [2.05, 4.69) is 10.5 Å². The average molecular weight is 296 g/mol. The zero-order chi connectivity index (χ0) is 13.8. The minimum absolute atomic E-state index is 0.0112. The Labute approximate surface area is 122 Å². The number of amides is 1. The van der Waals surface area contributed by atoms with E-state index in [1.807, 2.05) is 5.38 Å². The highest BCUT2D eigenvalue weighted by molar-refractivity contribution is 7.09. The molecular weight excluding hydrogens is 276 g/mol. The van der Waals surface area contributed by atoms with Gasteiger partial charge in [0, 0.05) is 17.9 Å². The Kier molecular flexibility index (Phi) is 4.65. The Morgan fingerprint density at radius 2 is 2.25 bits per heavy atom. The maximum absolute atomic E-state index is 11.8. The molecule has 1 aliphatic carbocycles. The van der Waals surface area contributed by atoms with E-state index < -0.39 is 0 Å². The van der Waals surface area contributed by atoms with Crippen molar-refractivity contribution in [3.63, 3.8) is 0 Å². The molecule has 0 radical (unpaired) electrons. The summed E-state index contributed by atoms with van der Waals surface area (Å²) in [5.41, 5.74) is 3.40. The Morgan fingerprint density at radius 1 is 1.40 bits per heavy atom. The van der Waals surface area contributed by atoms with Crippen molar-refractivity contribution < 1.29 is 14.4 Å². The molecule has 20 heavy (non-hydrogen) atoms. The SMILES string of the molecule is O=C(NOCc1csc([C@@H]2CCCO2)n1)C1CCCC1. The maximum Gasteiger partial charge on any atom is 0.246 e. The summed E-state index contributed by atoms with van der Waals surface area (Å²) in [4.78, 5) is 21.6. The Morgan fingerprint density at radius 3 is 3.00 bits per heavy atom. The predicted molar refractivity (Wildman–Crippen MR) is 74.9 cm³/mol. The number of carbonyl (C=O) groups is 1. The summed E-state index contributed by atoms with van der Waals surface area (Å²) in [5, 5.41) is 2.99. The number of thiazole rings is 1. The number of hydroxylamine groups is 1. The van der Waals surface area contributed by atoms with E-state index >= 15 is 0 Å². The molecule has 1 atom stereocenters. The topological polar surface area (TPSA) is 60.5 Å². The minimum Gasteiger partial charge on any atom is -0.371 e. The molecule has 0 bridgehead atoms. The molecule has 0 spiro atoms.